The number of aliphatic hydroxyl groups excluding tert-OH is 1. The zero-order valence-electron chi connectivity index (χ0n) is 7.44. The van der Waals surface area contributed by atoms with Crippen molar-refractivity contribution in [2.45, 2.75) is 0 Å². The number of hydrogen-bond donors (Lipinski definition) is 5. The van der Waals surface area contributed by atoms with Gasteiger partial charge in [-0.25, -0.2) is 13.2 Å². The molecule has 0 radical (unpaired) electrons. The van der Waals surface area contributed by atoms with E-state index in [0.29, 0.717) is 0 Å². The maximum atomic E-state index is 11.1. The average Bonchev–Trinajstić information content (AvgIpc) is 1.93. The van der Waals surface area contributed by atoms with Crippen molar-refractivity contribution in [3.63, 3.8) is 0 Å². The lowest BCUT2D eigenvalue weighted by Gasteiger charge is -2.20. The normalized spacial score (nSPS) is 23.1. The Morgan fingerprint density at radius 2 is 1.69 bits per heavy atom. The Labute approximate surface area is 107 Å². The van der Waals surface area contributed by atoms with Crippen LogP contribution in [0.25, 0.3) is 0 Å². The van der Waals surface area contributed by atoms with Crippen molar-refractivity contribution in [2.24, 2.45) is 0 Å². The summed E-state index contributed by atoms with van der Waals surface area (Å²) >= 11 is 12.0. The third kappa shape index (κ3) is 9.61. The van der Waals surface area contributed by atoms with Crippen LogP contribution in [0.5, 0.6) is 0 Å². The second kappa shape index (κ2) is 6.68. The first-order valence-corrected chi connectivity index (χ1v) is 11.3. The van der Waals surface area contributed by atoms with E-state index in [9.17, 15) is 9.46 Å². The molecule has 14 heteroatoms. The molecule has 0 heterocycles. The SMILES string of the molecule is O=P(O)(OCCO)OP(O)(=S)OP(O)(=S)S. The molecule has 0 aliphatic heterocycles. The van der Waals surface area contributed by atoms with Crippen LogP contribution in [0, 0.1) is 0 Å². The van der Waals surface area contributed by atoms with Gasteiger partial charge in [-0.1, -0.05) is 12.2 Å². The van der Waals surface area contributed by atoms with Gasteiger partial charge in [-0.15, -0.1) is 0 Å². The molecular weight excluding hydrogens is 341 g/mol. The smallest absolute Gasteiger partial charge is 0.394 e. The van der Waals surface area contributed by atoms with Gasteiger partial charge in [0.05, 0.1) is 13.2 Å². The molecule has 0 aromatic carbocycles. The molecule has 98 valence electrons. The molecule has 8 nitrogen and oxygen atoms in total. The number of phosphoric acid groups is 1. The van der Waals surface area contributed by atoms with Crippen LogP contribution < -0.4 is 0 Å². The number of hydrogen-bond acceptors (Lipinski definition) is 7. The lowest BCUT2D eigenvalue weighted by molar-refractivity contribution is 0.152. The van der Waals surface area contributed by atoms with E-state index in [1.165, 1.54) is 0 Å². The molecule has 0 saturated heterocycles. The summed E-state index contributed by atoms with van der Waals surface area (Å²) in [4.78, 5) is 27.2. The number of aliphatic hydroxyl groups is 1. The van der Waals surface area contributed by atoms with Crippen LogP contribution in [0.3, 0.4) is 0 Å². The molecule has 0 fully saturated rings. The van der Waals surface area contributed by atoms with E-state index >= 15 is 0 Å². The van der Waals surface area contributed by atoms with E-state index < -0.39 is 33.4 Å². The molecule has 0 aromatic heterocycles. The van der Waals surface area contributed by atoms with Crippen molar-refractivity contribution in [3.8, 4) is 0 Å². The quantitative estimate of drug-likeness (QED) is 0.327. The van der Waals surface area contributed by atoms with Crippen molar-refractivity contribution in [2.75, 3.05) is 13.2 Å². The Kier molecular flexibility index (Phi) is 7.34. The summed E-state index contributed by atoms with van der Waals surface area (Å²) in [5, 5.41) is 8.33. The summed E-state index contributed by atoms with van der Waals surface area (Å²) in [6, 6.07) is 0. The zero-order valence-corrected chi connectivity index (χ0v) is 12.7. The number of rotatable bonds is 7. The van der Waals surface area contributed by atoms with Crippen LogP contribution >= 0.6 is 32.5 Å². The lowest BCUT2D eigenvalue weighted by Crippen LogP contribution is -1.99. The summed E-state index contributed by atoms with van der Waals surface area (Å²) in [5.41, 5.74) is -3.64. The Hall–Kier alpha value is 1.60. The van der Waals surface area contributed by atoms with Crippen molar-refractivity contribution >= 4 is 56.1 Å². The first-order valence-electron chi connectivity index (χ1n) is 3.37. The van der Waals surface area contributed by atoms with Crippen LogP contribution in [0.2, 0.25) is 0 Å². The fraction of sp³-hybridized carbons (Fsp3) is 1.00. The number of phosphoric ester groups is 1. The highest BCUT2D eigenvalue weighted by molar-refractivity contribution is 8.60. The lowest BCUT2D eigenvalue weighted by atomic mass is 10.8. The van der Waals surface area contributed by atoms with Crippen molar-refractivity contribution < 1.29 is 37.5 Å². The fourth-order valence-corrected chi connectivity index (χ4v) is 7.62. The highest BCUT2D eigenvalue weighted by Crippen LogP contribution is 2.68. The fourth-order valence-electron chi connectivity index (χ4n) is 0.459. The van der Waals surface area contributed by atoms with E-state index in [0.717, 1.165) is 0 Å². The topological polar surface area (TPSA) is 126 Å². The minimum Gasteiger partial charge on any atom is -0.394 e. The van der Waals surface area contributed by atoms with E-state index in [4.69, 9.17) is 14.9 Å². The molecule has 4 N–H and O–H groups in total. The van der Waals surface area contributed by atoms with Crippen LogP contribution in [0.4, 0.5) is 0 Å². The van der Waals surface area contributed by atoms with Gasteiger partial charge in [-0.3, -0.25) is 4.52 Å². The van der Waals surface area contributed by atoms with Gasteiger partial charge in [-0.05, 0) is 23.6 Å². The second-order valence-corrected chi connectivity index (χ2v) is 11.9. The van der Waals surface area contributed by atoms with Crippen molar-refractivity contribution in [1.82, 2.24) is 0 Å². The number of thiol groups is 1. The van der Waals surface area contributed by atoms with Crippen molar-refractivity contribution in [3.05, 3.63) is 0 Å². The van der Waals surface area contributed by atoms with Gasteiger partial charge in [0.1, 0.15) is 0 Å². The molecule has 0 aliphatic carbocycles. The highest BCUT2D eigenvalue weighted by Gasteiger charge is 2.34. The predicted molar refractivity (Wildman–Crippen MR) is 67.0 cm³/mol. The molecular formula is C2H9O8P3S3. The van der Waals surface area contributed by atoms with E-state index in [-0.39, 0.29) is 0 Å². The summed E-state index contributed by atoms with van der Waals surface area (Å²) in [5.74, 6) is 0. The van der Waals surface area contributed by atoms with Gasteiger partial charge in [0.2, 0.25) is 5.69 Å². The van der Waals surface area contributed by atoms with E-state index in [2.05, 4.69) is 49.0 Å². The molecule has 0 bridgehead atoms. The molecule has 0 rings (SSSR count). The largest absolute Gasteiger partial charge is 0.479 e. The van der Waals surface area contributed by atoms with Gasteiger partial charge in [0.25, 0.3) is 0 Å². The predicted octanol–water partition coefficient (Wildman–Crippen LogP) is 0.492. The molecule has 0 amide bonds. The Morgan fingerprint density at radius 3 is 2.06 bits per heavy atom. The average molecular weight is 350 g/mol. The summed E-state index contributed by atoms with van der Waals surface area (Å²) < 4.78 is 23.6. The first-order chi connectivity index (χ1) is 6.97. The highest BCUT2D eigenvalue weighted by atomic mass is 32.9. The first kappa shape index (κ1) is 17.6. The van der Waals surface area contributed by atoms with Gasteiger partial charge < -0.3 is 19.8 Å². The van der Waals surface area contributed by atoms with Gasteiger partial charge in [0.15, 0.2) is 0 Å². The monoisotopic (exact) mass is 350 g/mol. The van der Waals surface area contributed by atoms with E-state index in [1.807, 2.05) is 0 Å². The Morgan fingerprint density at radius 1 is 1.19 bits per heavy atom. The summed E-state index contributed by atoms with van der Waals surface area (Å²) in [6.07, 6.45) is 0. The molecule has 0 aromatic rings. The standard InChI is InChI=1S/C2H9O8P3S3/c3-1-2-8-11(4,5)9-12(6,14)10-13(7,15)16/h3H,1-2H2,(H,4,5)(H,6,14)(H2,7,15,16). The Balaban J connectivity index is 4.52. The minimum absolute atomic E-state index is 0.503. The van der Waals surface area contributed by atoms with Crippen LogP contribution in [-0.4, -0.2) is 33.0 Å². The minimum atomic E-state index is -4.68. The molecule has 3 unspecified atom stereocenters. The summed E-state index contributed by atoms with van der Waals surface area (Å²) in [6.45, 7) is -5.28. The molecule has 0 aliphatic rings. The van der Waals surface area contributed by atoms with Gasteiger partial charge in [0, 0.05) is 0 Å². The zero-order chi connectivity index (χ0) is 13.0. The second-order valence-electron chi connectivity index (χ2n) is 2.15. The molecule has 0 saturated carbocycles. The van der Waals surface area contributed by atoms with Gasteiger partial charge >= 0.3 is 14.5 Å². The maximum Gasteiger partial charge on any atom is 0.479 e. The summed E-state index contributed by atoms with van der Waals surface area (Å²) in [7, 11) is -4.68. The molecule has 16 heavy (non-hydrogen) atoms. The molecule has 3 atom stereocenters. The molecule has 0 spiro atoms. The van der Waals surface area contributed by atoms with Gasteiger partial charge in [-0.2, -0.15) is 0 Å². The Bertz CT molecular complexity index is 364. The van der Waals surface area contributed by atoms with Crippen molar-refractivity contribution in [1.29, 1.82) is 0 Å². The van der Waals surface area contributed by atoms with E-state index in [1.54, 1.807) is 0 Å². The van der Waals surface area contributed by atoms with Crippen LogP contribution in [0.1, 0.15) is 0 Å². The van der Waals surface area contributed by atoms with Crippen LogP contribution in [-0.2, 0) is 41.3 Å². The van der Waals surface area contributed by atoms with Crippen LogP contribution in [0.15, 0.2) is 0 Å². The third-order valence-electron chi connectivity index (χ3n) is 0.762. The maximum absolute atomic E-state index is 11.1. The third-order valence-corrected chi connectivity index (χ3v) is 7.06.